The first-order valence-electron chi connectivity index (χ1n) is 11.5. The molecule has 1 fully saturated rings. The summed E-state index contributed by atoms with van der Waals surface area (Å²) in [5.41, 5.74) is 6.85. The second-order valence-electron chi connectivity index (χ2n) is 8.98. The van der Waals surface area contributed by atoms with Crippen LogP contribution in [0.25, 0.3) is 0 Å². The fourth-order valence-corrected chi connectivity index (χ4v) is 4.88. The van der Waals surface area contributed by atoms with Crippen LogP contribution in [0, 0.1) is 6.92 Å². The first-order valence-corrected chi connectivity index (χ1v) is 11.5. The molecule has 2 aromatic carbocycles. The molecule has 2 heterocycles. The zero-order valence-corrected chi connectivity index (χ0v) is 18.5. The van der Waals surface area contributed by atoms with E-state index in [-0.39, 0.29) is 5.91 Å². The van der Waals surface area contributed by atoms with Crippen LogP contribution in [0.15, 0.2) is 42.5 Å². The lowest BCUT2D eigenvalue weighted by Crippen LogP contribution is -2.44. The monoisotopic (exact) mass is 405 g/mol. The lowest BCUT2D eigenvalue weighted by molar-refractivity contribution is -0.119. The summed E-state index contributed by atoms with van der Waals surface area (Å²) in [6.45, 7) is 9.10. The topological polar surface area (TPSA) is 35.6 Å². The molecular weight excluding hydrogens is 370 g/mol. The average Bonchev–Trinajstić information content (AvgIpc) is 3.17. The third kappa shape index (κ3) is 5.23. The molecule has 0 radical (unpaired) electrons. The van der Waals surface area contributed by atoms with Gasteiger partial charge < -0.3 is 15.1 Å². The smallest absolute Gasteiger partial charge is 0.217 e. The third-order valence-electron chi connectivity index (χ3n) is 6.68. The molecule has 0 aromatic heterocycles. The molecule has 2 aliphatic heterocycles. The number of nitrogens with zero attached hydrogens (tertiary/aromatic N) is 2. The van der Waals surface area contributed by atoms with Crippen molar-refractivity contribution in [1.82, 2.24) is 10.2 Å². The van der Waals surface area contributed by atoms with Crippen LogP contribution in [0.4, 0.5) is 5.69 Å². The van der Waals surface area contributed by atoms with E-state index in [0.717, 1.165) is 13.0 Å². The van der Waals surface area contributed by atoms with E-state index in [2.05, 4.69) is 64.5 Å². The van der Waals surface area contributed by atoms with Crippen molar-refractivity contribution in [3.63, 3.8) is 0 Å². The SMILES string of the molecule is CC(=O)NCc1ccc2c(c1)N(C1CCN(CCCc3ccc(C)cc3)CC1)CC2. The lowest BCUT2D eigenvalue weighted by atomic mass is 10.0. The first kappa shape index (κ1) is 20.9. The van der Waals surface area contributed by atoms with E-state index in [9.17, 15) is 4.79 Å². The molecule has 2 aliphatic rings. The van der Waals surface area contributed by atoms with Gasteiger partial charge in [0, 0.05) is 44.8 Å². The number of anilines is 1. The Morgan fingerprint density at radius 2 is 1.77 bits per heavy atom. The predicted molar refractivity (Wildman–Crippen MR) is 124 cm³/mol. The van der Waals surface area contributed by atoms with E-state index in [1.54, 1.807) is 6.92 Å². The lowest BCUT2D eigenvalue weighted by Gasteiger charge is -2.38. The Labute approximate surface area is 181 Å². The van der Waals surface area contributed by atoms with Crippen LogP contribution >= 0.6 is 0 Å². The van der Waals surface area contributed by atoms with Gasteiger partial charge in [0.2, 0.25) is 5.91 Å². The minimum atomic E-state index is 0.0297. The van der Waals surface area contributed by atoms with Crippen molar-refractivity contribution in [2.24, 2.45) is 0 Å². The van der Waals surface area contributed by atoms with Crippen LogP contribution < -0.4 is 10.2 Å². The summed E-state index contributed by atoms with van der Waals surface area (Å²) in [7, 11) is 0. The molecule has 0 saturated carbocycles. The Balaban J connectivity index is 1.26. The molecule has 0 aliphatic carbocycles. The molecule has 1 amide bonds. The second-order valence-corrected chi connectivity index (χ2v) is 8.98. The van der Waals surface area contributed by atoms with Crippen LogP contribution in [0.5, 0.6) is 0 Å². The number of rotatable bonds is 7. The molecule has 1 saturated heterocycles. The fraction of sp³-hybridized carbons (Fsp3) is 0.500. The maximum absolute atomic E-state index is 11.2. The van der Waals surface area contributed by atoms with Gasteiger partial charge in [0.05, 0.1) is 0 Å². The number of benzene rings is 2. The minimum Gasteiger partial charge on any atom is -0.368 e. The number of piperidine rings is 1. The molecule has 0 bridgehead atoms. The van der Waals surface area contributed by atoms with Gasteiger partial charge in [-0.25, -0.2) is 0 Å². The summed E-state index contributed by atoms with van der Waals surface area (Å²) >= 11 is 0. The molecular formula is C26H35N3O. The first-order chi connectivity index (χ1) is 14.6. The summed E-state index contributed by atoms with van der Waals surface area (Å²) in [6, 6.07) is 16.3. The molecule has 1 N–H and O–H groups in total. The highest BCUT2D eigenvalue weighted by Gasteiger charge is 2.29. The summed E-state index contributed by atoms with van der Waals surface area (Å²) in [6.07, 6.45) is 6.07. The maximum Gasteiger partial charge on any atom is 0.217 e. The van der Waals surface area contributed by atoms with E-state index < -0.39 is 0 Å². The fourth-order valence-electron chi connectivity index (χ4n) is 4.88. The Morgan fingerprint density at radius 3 is 2.50 bits per heavy atom. The zero-order valence-electron chi connectivity index (χ0n) is 18.5. The van der Waals surface area contributed by atoms with Crippen molar-refractivity contribution < 1.29 is 4.79 Å². The summed E-state index contributed by atoms with van der Waals surface area (Å²) in [5, 5.41) is 2.92. The van der Waals surface area contributed by atoms with Crippen molar-refractivity contribution in [2.45, 2.75) is 58.5 Å². The summed E-state index contributed by atoms with van der Waals surface area (Å²) in [4.78, 5) is 16.5. The number of nitrogens with one attached hydrogen (secondary N) is 1. The van der Waals surface area contributed by atoms with Crippen LogP contribution in [0.1, 0.15) is 48.4 Å². The molecule has 4 rings (SSSR count). The average molecular weight is 406 g/mol. The minimum absolute atomic E-state index is 0.0297. The van der Waals surface area contributed by atoms with Crippen molar-refractivity contribution >= 4 is 11.6 Å². The molecule has 0 atom stereocenters. The predicted octanol–water partition coefficient (Wildman–Crippen LogP) is 4.09. The van der Waals surface area contributed by atoms with Gasteiger partial charge in [-0.1, -0.05) is 42.0 Å². The highest BCUT2D eigenvalue weighted by atomic mass is 16.1. The van der Waals surface area contributed by atoms with Crippen molar-refractivity contribution in [3.8, 4) is 0 Å². The van der Waals surface area contributed by atoms with Crippen LogP contribution in [0.3, 0.4) is 0 Å². The Morgan fingerprint density at radius 1 is 1.03 bits per heavy atom. The van der Waals surface area contributed by atoms with Crippen molar-refractivity contribution in [3.05, 3.63) is 64.7 Å². The summed E-state index contributed by atoms with van der Waals surface area (Å²) < 4.78 is 0. The van der Waals surface area contributed by atoms with Gasteiger partial charge in [0.1, 0.15) is 0 Å². The van der Waals surface area contributed by atoms with Gasteiger partial charge in [-0.3, -0.25) is 4.79 Å². The second kappa shape index (κ2) is 9.65. The molecule has 4 nitrogen and oxygen atoms in total. The van der Waals surface area contributed by atoms with Gasteiger partial charge in [-0.15, -0.1) is 0 Å². The van der Waals surface area contributed by atoms with Gasteiger partial charge >= 0.3 is 0 Å². The highest BCUT2D eigenvalue weighted by molar-refractivity contribution is 5.73. The number of hydrogen-bond donors (Lipinski definition) is 1. The van der Waals surface area contributed by atoms with Crippen molar-refractivity contribution in [1.29, 1.82) is 0 Å². The van der Waals surface area contributed by atoms with Gasteiger partial charge in [0.25, 0.3) is 0 Å². The normalized spacial score (nSPS) is 17.2. The van der Waals surface area contributed by atoms with E-state index >= 15 is 0 Å². The maximum atomic E-state index is 11.2. The van der Waals surface area contributed by atoms with Crippen LogP contribution in [-0.2, 0) is 24.2 Å². The third-order valence-corrected chi connectivity index (χ3v) is 6.68. The highest BCUT2D eigenvalue weighted by Crippen LogP contribution is 2.33. The number of carbonyl (C=O) groups excluding carboxylic acids is 1. The largest absolute Gasteiger partial charge is 0.368 e. The van der Waals surface area contributed by atoms with Crippen LogP contribution in [-0.4, -0.2) is 43.0 Å². The number of amides is 1. The molecule has 0 unspecified atom stereocenters. The zero-order chi connectivity index (χ0) is 20.9. The van der Waals surface area contributed by atoms with E-state index in [0.29, 0.717) is 12.6 Å². The molecule has 4 heteroatoms. The Bertz CT molecular complexity index is 853. The number of fused-ring (bicyclic) bond motifs is 1. The van der Waals surface area contributed by atoms with Gasteiger partial charge in [-0.05, 0) is 68.3 Å². The number of likely N-dealkylation sites (tertiary alicyclic amines) is 1. The Kier molecular flexibility index (Phi) is 6.73. The number of aryl methyl sites for hydroxylation is 2. The van der Waals surface area contributed by atoms with Gasteiger partial charge in [-0.2, -0.15) is 0 Å². The molecule has 160 valence electrons. The number of carbonyl (C=O) groups is 1. The molecule has 2 aromatic rings. The Hall–Kier alpha value is -2.33. The number of hydrogen-bond acceptors (Lipinski definition) is 3. The van der Waals surface area contributed by atoms with E-state index in [4.69, 9.17) is 0 Å². The van der Waals surface area contributed by atoms with E-state index in [1.165, 1.54) is 73.3 Å². The molecule has 0 spiro atoms. The quantitative estimate of drug-likeness (QED) is 0.754. The summed E-state index contributed by atoms with van der Waals surface area (Å²) in [5.74, 6) is 0.0297. The molecule has 30 heavy (non-hydrogen) atoms. The van der Waals surface area contributed by atoms with Crippen LogP contribution in [0.2, 0.25) is 0 Å². The van der Waals surface area contributed by atoms with E-state index in [1.807, 2.05) is 0 Å². The standard InChI is InChI=1S/C26H35N3O/c1-20-5-7-22(8-6-20)4-3-14-28-15-12-25(13-16-28)29-17-11-24-10-9-23(18-26(24)29)19-27-21(2)30/h5-10,18,25H,3-4,11-17,19H2,1-2H3,(H,27,30). The van der Waals surface area contributed by atoms with Gasteiger partial charge in [0.15, 0.2) is 0 Å². The van der Waals surface area contributed by atoms with Crippen molar-refractivity contribution in [2.75, 3.05) is 31.1 Å².